The van der Waals surface area contributed by atoms with Gasteiger partial charge >= 0.3 is 0 Å². The van der Waals surface area contributed by atoms with E-state index in [1.165, 1.54) is 0 Å². The zero-order chi connectivity index (χ0) is 21.4. The van der Waals surface area contributed by atoms with Crippen LogP contribution in [0.3, 0.4) is 0 Å². The first-order valence-electron chi connectivity index (χ1n) is 10.7. The van der Waals surface area contributed by atoms with Crippen molar-refractivity contribution >= 4 is 11.8 Å². The minimum Gasteiger partial charge on any atom is -0.369 e. The van der Waals surface area contributed by atoms with E-state index < -0.39 is 5.91 Å². The van der Waals surface area contributed by atoms with Crippen molar-refractivity contribution in [3.63, 3.8) is 0 Å². The fourth-order valence-corrected chi connectivity index (χ4v) is 2.34. The first-order chi connectivity index (χ1) is 14.2. The molecule has 0 aromatic rings. The lowest BCUT2D eigenvalue weighted by atomic mass is 10.2. The maximum absolute atomic E-state index is 11.6. The van der Waals surface area contributed by atoms with Crippen LogP contribution in [0.15, 0.2) is 60.8 Å². The Morgan fingerprint density at radius 1 is 0.759 bits per heavy atom. The molecule has 0 unspecified atom stereocenters. The van der Waals surface area contributed by atoms with Crippen LogP contribution in [0.4, 0.5) is 0 Å². The molecule has 0 aromatic carbocycles. The zero-order valence-corrected chi connectivity index (χ0v) is 17.9. The summed E-state index contributed by atoms with van der Waals surface area (Å²) < 4.78 is 0. The van der Waals surface area contributed by atoms with E-state index in [1.54, 1.807) is 0 Å². The van der Waals surface area contributed by atoms with Crippen molar-refractivity contribution in [1.82, 2.24) is 10.6 Å². The fourth-order valence-electron chi connectivity index (χ4n) is 2.34. The molecule has 5 nitrogen and oxygen atoms in total. The summed E-state index contributed by atoms with van der Waals surface area (Å²) in [6, 6.07) is 0. The summed E-state index contributed by atoms with van der Waals surface area (Å²) in [5, 5.41) is 5.66. The van der Waals surface area contributed by atoms with Gasteiger partial charge in [0.2, 0.25) is 11.8 Å². The van der Waals surface area contributed by atoms with Crippen molar-refractivity contribution in [3.8, 4) is 0 Å². The highest BCUT2D eigenvalue weighted by molar-refractivity contribution is 5.76. The maximum atomic E-state index is 11.6. The van der Waals surface area contributed by atoms with Crippen LogP contribution in [0.5, 0.6) is 0 Å². The Morgan fingerprint density at radius 2 is 1.28 bits per heavy atom. The molecule has 0 saturated heterocycles. The second kappa shape index (κ2) is 21.9. The summed E-state index contributed by atoms with van der Waals surface area (Å²) >= 11 is 0. The number of amides is 2. The van der Waals surface area contributed by atoms with Gasteiger partial charge in [-0.2, -0.15) is 0 Å². The van der Waals surface area contributed by atoms with Crippen LogP contribution in [0.1, 0.15) is 58.3 Å². The lowest BCUT2D eigenvalue weighted by Gasteiger charge is -2.05. The second-order valence-electron chi connectivity index (χ2n) is 6.59. The minimum absolute atomic E-state index is 0.0400. The van der Waals surface area contributed by atoms with E-state index in [4.69, 9.17) is 5.73 Å². The van der Waals surface area contributed by atoms with Crippen LogP contribution < -0.4 is 16.4 Å². The molecule has 4 N–H and O–H groups in total. The normalized spacial score (nSPS) is 12.3. The maximum Gasteiger partial charge on any atom is 0.231 e. The van der Waals surface area contributed by atoms with Gasteiger partial charge in [-0.05, 0) is 44.9 Å². The first kappa shape index (κ1) is 26.6. The number of carbonyl (C=O) groups excluding carboxylic acids is 2. The first-order valence-corrected chi connectivity index (χ1v) is 10.7. The third-order valence-electron chi connectivity index (χ3n) is 3.86. The topological polar surface area (TPSA) is 84.2 Å². The van der Waals surface area contributed by atoms with Gasteiger partial charge in [0.1, 0.15) is 0 Å². The van der Waals surface area contributed by atoms with Gasteiger partial charge in [-0.25, -0.2) is 0 Å². The molecule has 0 aliphatic heterocycles. The molecule has 0 aromatic heterocycles. The van der Waals surface area contributed by atoms with Crippen LogP contribution in [0.25, 0.3) is 0 Å². The van der Waals surface area contributed by atoms with E-state index in [2.05, 4.69) is 78.3 Å². The molecule has 0 radical (unpaired) electrons. The molecule has 0 atom stereocenters. The monoisotopic (exact) mass is 401 g/mol. The smallest absolute Gasteiger partial charge is 0.231 e. The minimum atomic E-state index is -0.395. The Balaban J connectivity index is 3.50. The van der Waals surface area contributed by atoms with Crippen molar-refractivity contribution in [3.05, 3.63) is 60.8 Å². The molecule has 2 amide bonds. The molecule has 162 valence electrons. The number of nitrogens with two attached hydrogens (primary N) is 1. The summed E-state index contributed by atoms with van der Waals surface area (Å²) in [5.41, 5.74) is 5.01. The summed E-state index contributed by atoms with van der Waals surface area (Å²) in [7, 11) is 0. The number of unbranched alkanes of at least 4 members (excludes halogenated alkanes) is 1. The molecule has 5 heteroatoms. The predicted octanol–water partition coefficient (Wildman–Crippen LogP) is 4.10. The number of hydrogen-bond acceptors (Lipinski definition) is 3. The quantitative estimate of drug-likeness (QED) is 0.239. The highest BCUT2D eigenvalue weighted by Crippen LogP contribution is 1.99. The average molecular weight is 402 g/mol. The van der Waals surface area contributed by atoms with Gasteiger partial charge in [0.05, 0.1) is 6.54 Å². The summed E-state index contributed by atoms with van der Waals surface area (Å²) in [4.78, 5) is 22.2. The Morgan fingerprint density at radius 3 is 1.79 bits per heavy atom. The van der Waals surface area contributed by atoms with E-state index in [0.29, 0.717) is 19.5 Å². The van der Waals surface area contributed by atoms with Gasteiger partial charge < -0.3 is 16.4 Å². The number of carbonyl (C=O) groups is 2. The largest absolute Gasteiger partial charge is 0.369 e. The van der Waals surface area contributed by atoms with Gasteiger partial charge in [0, 0.05) is 19.5 Å². The fraction of sp³-hybridized carbons (Fsp3) is 0.500. The third-order valence-corrected chi connectivity index (χ3v) is 3.86. The zero-order valence-electron chi connectivity index (χ0n) is 17.9. The van der Waals surface area contributed by atoms with Crippen LogP contribution in [0.2, 0.25) is 0 Å². The molecule has 0 rings (SSSR count). The predicted molar refractivity (Wildman–Crippen MR) is 123 cm³/mol. The van der Waals surface area contributed by atoms with Crippen molar-refractivity contribution in [1.29, 1.82) is 0 Å². The van der Waals surface area contributed by atoms with Gasteiger partial charge in [-0.3, -0.25) is 9.59 Å². The van der Waals surface area contributed by atoms with E-state index in [0.717, 1.165) is 44.9 Å². The molecule has 0 aliphatic carbocycles. The molecule has 0 aliphatic rings. The van der Waals surface area contributed by atoms with Crippen molar-refractivity contribution in [2.24, 2.45) is 5.73 Å². The van der Waals surface area contributed by atoms with Crippen LogP contribution >= 0.6 is 0 Å². The second-order valence-corrected chi connectivity index (χ2v) is 6.59. The van der Waals surface area contributed by atoms with Gasteiger partial charge in [-0.15, -0.1) is 0 Å². The van der Waals surface area contributed by atoms with Crippen LogP contribution in [0, 0.1) is 0 Å². The Hall–Kier alpha value is -2.40. The van der Waals surface area contributed by atoms with E-state index >= 15 is 0 Å². The Kier molecular flexibility index (Phi) is 20.1. The molecule has 0 fully saturated rings. The molecular weight excluding hydrogens is 362 g/mol. The summed E-state index contributed by atoms with van der Waals surface area (Å²) in [6.07, 6.45) is 29.0. The van der Waals surface area contributed by atoms with Crippen LogP contribution in [-0.2, 0) is 9.59 Å². The lowest BCUT2D eigenvalue weighted by molar-refractivity contribution is -0.121. The number of allylic oxidation sites excluding steroid dienone is 10. The number of primary amides is 1. The third kappa shape index (κ3) is 23.6. The number of rotatable bonds is 18. The van der Waals surface area contributed by atoms with Crippen molar-refractivity contribution in [2.75, 3.05) is 19.6 Å². The molecule has 0 bridgehead atoms. The van der Waals surface area contributed by atoms with Gasteiger partial charge in [0.25, 0.3) is 0 Å². The summed E-state index contributed by atoms with van der Waals surface area (Å²) in [5.74, 6) is -0.355. The lowest BCUT2D eigenvalue weighted by Crippen LogP contribution is -2.35. The average Bonchev–Trinajstić information content (AvgIpc) is 2.69. The van der Waals surface area contributed by atoms with Gasteiger partial charge in [-0.1, -0.05) is 67.7 Å². The Bertz CT molecular complexity index is 560. The standard InChI is InChI=1S/C24H39N3O2/c1-2-3-4-5-6-7-8-9-10-11-12-13-14-15-16-17-18-19-24(29)27-21-20-26-22-23(25)28/h3-4,6-7,9-10,12-13,15-16,26H,2,5,8,11,14,17-22H2,1H3,(H2,25,28)(H,27,29)/b4-3-,7-6-,10-9-,13-12-,16-15-. The van der Waals surface area contributed by atoms with E-state index in [9.17, 15) is 9.59 Å². The van der Waals surface area contributed by atoms with Gasteiger partial charge in [0.15, 0.2) is 0 Å². The number of hydrogen-bond donors (Lipinski definition) is 3. The summed E-state index contributed by atoms with van der Waals surface area (Å²) in [6.45, 7) is 3.34. The van der Waals surface area contributed by atoms with Crippen LogP contribution in [-0.4, -0.2) is 31.4 Å². The highest BCUT2D eigenvalue weighted by atomic mass is 16.2. The Labute approximate surface area is 176 Å². The van der Waals surface area contributed by atoms with E-state index in [-0.39, 0.29) is 12.5 Å². The molecule has 0 heterocycles. The van der Waals surface area contributed by atoms with Crippen molar-refractivity contribution in [2.45, 2.75) is 58.3 Å². The number of nitrogens with one attached hydrogen (secondary N) is 2. The molecule has 29 heavy (non-hydrogen) atoms. The SMILES string of the molecule is CC/C=C\C/C=C\C/C=C\C/C=C\C/C=C\CCCC(=O)NCCNCC(N)=O. The van der Waals surface area contributed by atoms with Crippen molar-refractivity contribution < 1.29 is 9.59 Å². The molecule has 0 saturated carbocycles. The van der Waals surface area contributed by atoms with E-state index in [1.807, 2.05) is 0 Å². The molecule has 0 spiro atoms. The molecular formula is C24H39N3O2. The highest BCUT2D eigenvalue weighted by Gasteiger charge is 1.99.